The van der Waals surface area contributed by atoms with Crippen molar-refractivity contribution >= 4 is 0 Å². The number of hydrogen-bond acceptors (Lipinski definition) is 3. The monoisotopic (exact) mass is 344 g/mol. The Morgan fingerprint density at radius 1 is 1.08 bits per heavy atom. The molecule has 1 aromatic carbocycles. The van der Waals surface area contributed by atoms with Crippen LogP contribution >= 0.6 is 0 Å². The van der Waals surface area contributed by atoms with E-state index in [1.165, 1.54) is 30.6 Å². The van der Waals surface area contributed by atoms with E-state index in [2.05, 4.69) is 27.1 Å². The average Bonchev–Trinajstić information content (AvgIpc) is 3.30. The maximum atomic E-state index is 13.5. The molecule has 0 spiro atoms. The van der Waals surface area contributed by atoms with Gasteiger partial charge in [0.25, 0.3) is 0 Å². The third-order valence-corrected chi connectivity index (χ3v) is 5.98. The minimum atomic E-state index is -0.194. The number of piperidine rings is 1. The number of quaternary nitrogens is 1. The van der Waals surface area contributed by atoms with Gasteiger partial charge in [0, 0.05) is 5.56 Å². The number of likely N-dealkylation sites (tertiary alicyclic amines) is 1. The maximum absolute atomic E-state index is 13.5. The Bertz CT molecular complexity index is 684. The van der Waals surface area contributed by atoms with Crippen molar-refractivity contribution in [2.24, 2.45) is 5.92 Å². The van der Waals surface area contributed by atoms with Gasteiger partial charge in [-0.2, -0.15) is 0 Å². The fourth-order valence-electron chi connectivity index (χ4n) is 4.44. The van der Waals surface area contributed by atoms with Gasteiger partial charge in [-0.1, -0.05) is 19.8 Å². The first kappa shape index (κ1) is 16.6. The molecule has 134 valence electrons. The van der Waals surface area contributed by atoms with Crippen LogP contribution in [0.15, 0.2) is 24.3 Å². The summed E-state index contributed by atoms with van der Waals surface area (Å²) in [5.74, 6) is 1.53. The summed E-state index contributed by atoms with van der Waals surface area (Å²) in [6, 6.07) is 7.41. The molecule has 25 heavy (non-hydrogen) atoms. The van der Waals surface area contributed by atoms with Crippen LogP contribution in [0.25, 0.3) is 0 Å². The molecule has 5 nitrogen and oxygen atoms in total. The molecule has 0 amide bonds. The Morgan fingerprint density at radius 2 is 1.76 bits per heavy atom. The van der Waals surface area contributed by atoms with E-state index >= 15 is 0 Å². The third-order valence-electron chi connectivity index (χ3n) is 5.98. The quantitative estimate of drug-likeness (QED) is 0.926. The number of rotatable bonds is 4. The van der Waals surface area contributed by atoms with Crippen LogP contribution in [0, 0.1) is 11.7 Å². The van der Waals surface area contributed by atoms with E-state index in [0.717, 1.165) is 43.2 Å². The van der Waals surface area contributed by atoms with Gasteiger partial charge in [0.05, 0.1) is 19.1 Å². The highest BCUT2D eigenvalue weighted by Gasteiger charge is 2.35. The summed E-state index contributed by atoms with van der Waals surface area (Å²) in [6.07, 6.45) is 7.25. The largest absolute Gasteiger partial charge is 0.322 e. The zero-order chi connectivity index (χ0) is 17.2. The average molecular weight is 344 g/mol. The molecule has 1 saturated heterocycles. The highest BCUT2D eigenvalue weighted by atomic mass is 19.1. The van der Waals surface area contributed by atoms with Crippen molar-refractivity contribution < 1.29 is 9.29 Å². The van der Waals surface area contributed by atoms with Crippen LogP contribution in [-0.2, 0) is 0 Å². The fraction of sp³-hybridized carbons (Fsp3) is 0.632. The summed E-state index contributed by atoms with van der Waals surface area (Å²) in [5.41, 5.74) is 1.11. The van der Waals surface area contributed by atoms with E-state index in [9.17, 15) is 4.39 Å². The van der Waals surface area contributed by atoms with Crippen molar-refractivity contribution in [1.82, 2.24) is 20.2 Å². The summed E-state index contributed by atoms with van der Waals surface area (Å²) >= 11 is 0. The van der Waals surface area contributed by atoms with Crippen LogP contribution in [-0.4, -0.2) is 33.3 Å². The van der Waals surface area contributed by atoms with Crippen LogP contribution < -0.4 is 4.90 Å². The van der Waals surface area contributed by atoms with Gasteiger partial charge in [0.2, 0.25) is 5.82 Å². The topological polar surface area (TPSA) is 48.0 Å². The molecule has 6 heteroatoms. The number of halogens is 1. The van der Waals surface area contributed by atoms with Crippen molar-refractivity contribution in [3.05, 3.63) is 41.5 Å². The molecule has 2 fully saturated rings. The molecule has 0 radical (unpaired) electrons. The van der Waals surface area contributed by atoms with Crippen LogP contribution in [0.1, 0.15) is 68.9 Å². The number of nitrogens with one attached hydrogen (secondary N) is 1. The molecule has 1 aromatic heterocycles. The normalized spacial score (nSPS) is 26.0. The summed E-state index contributed by atoms with van der Waals surface area (Å²) in [6.45, 7) is 4.55. The van der Waals surface area contributed by atoms with E-state index in [4.69, 9.17) is 0 Å². The predicted molar refractivity (Wildman–Crippen MR) is 92.7 cm³/mol. The minimum absolute atomic E-state index is 0.0868. The lowest BCUT2D eigenvalue weighted by Crippen LogP contribution is -3.13. The smallest absolute Gasteiger partial charge is 0.214 e. The second-order valence-electron chi connectivity index (χ2n) is 7.75. The highest BCUT2D eigenvalue weighted by Crippen LogP contribution is 2.31. The van der Waals surface area contributed by atoms with Crippen molar-refractivity contribution in [3.63, 3.8) is 0 Å². The summed E-state index contributed by atoms with van der Waals surface area (Å²) in [5, 5.41) is 12.8. The molecule has 2 aliphatic rings. The van der Waals surface area contributed by atoms with Crippen LogP contribution in [0.3, 0.4) is 0 Å². The molecule has 0 bridgehead atoms. The molecule has 2 heterocycles. The minimum Gasteiger partial charge on any atom is -0.322 e. The molecule has 2 aromatic rings. The molecule has 1 atom stereocenters. The standard InChI is InChI=1S/C19H26FN5/c1-14-10-12-24(13-11-14)18(15-6-8-16(20)9-7-15)19-21-22-23-25(19)17-4-2-3-5-17/h6-9,14,17-18H,2-5,10-13H2,1H3/p+1/t18-/m1/s1. The first-order valence-electron chi connectivity index (χ1n) is 9.60. The van der Waals surface area contributed by atoms with E-state index in [1.54, 1.807) is 12.1 Å². The Kier molecular flexibility index (Phi) is 4.79. The summed E-state index contributed by atoms with van der Waals surface area (Å²) in [7, 11) is 0. The van der Waals surface area contributed by atoms with Gasteiger partial charge >= 0.3 is 0 Å². The van der Waals surface area contributed by atoms with Gasteiger partial charge in [-0.05, 0) is 66.3 Å². The Hall–Kier alpha value is -1.82. The molecule has 1 aliphatic carbocycles. The fourth-order valence-corrected chi connectivity index (χ4v) is 4.44. The Labute approximate surface area is 148 Å². The molecular weight excluding hydrogens is 317 g/mol. The van der Waals surface area contributed by atoms with Gasteiger partial charge in [0.15, 0.2) is 6.04 Å². The molecule has 1 saturated carbocycles. The number of aromatic nitrogens is 4. The number of tetrazole rings is 1. The first-order valence-corrected chi connectivity index (χ1v) is 9.60. The zero-order valence-electron chi connectivity index (χ0n) is 14.9. The molecule has 4 rings (SSSR count). The van der Waals surface area contributed by atoms with Gasteiger partial charge in [-0.3, -0.25) is 0 Å². The van der Waals surface area contributed by atoms with E-state index in [0.29, 0.717) is 6.04 Å². The van der Waals surface area contributed by atoms with Gasteiger partial charge in [-0.25, -0.2) is 9.07 Å². The number of benzene rings is 1. The maximum Gasteiger partial charge on any atom is 0.214 e. The number of hydrogen-bond donors (Lipinski definition) is 1. The lowest BCUT2D eigenvalue weighted by Gasteiger charge is -2.33. The lowest BCUT2D eigenvalue weighted by molar-refractivity contribution is -0.932. The molecule has 0 unspecified atom stereocenters. The second-order valence-corrected chi connectivity index (χ2v) is 7.75. The lowest BCUT2D eigenvalue weighted by atomic mass is 9.95. The summed E-state index contributed by atoms with van der Waals surface area (Å²) in [4.78, 5) is 1.50. The summed E-state index contributed by atoms with van der Waals surface area (Å²) < 4.78 is 15.5. The molecule has 1 N–H and O–H groups in total. The van der Waals surface area contributed by atoms with Crippen LogP contribution in [0.2, 0.25) is 0 Å². The Balaban J connectivity index is 1.70. The number of nitrogens with zero attached hydrogens (tertiary/aromatic N) is 4. The van der Waals surface area contributed by atoms with Crippen molar-refractivity contribution in [3.8, 4) is 0 Å². The van der Waals surface area contributed by atoms with Crippen LogP contribution in [0.4, 0.5) is 4.39 Å². The van der Waals surface area contributed by atoms with Crippen molar-refractivity contribution in [2.75, 3.05) is 13.1 Å². The van der Waals surface area contributed by atoms with Crippen LogP contribution in [0.5, 0.6) is 0 Å². The second kappa shape index (κ2) is 7.20. The molecule has 1 aliphatic heterocycles. The Morgan fingerprint density at radius 3 is 2.44 bits per heavy atom. The van der Waals surface area contributed by atoms with Crippen molar-refractivity contribution in [1.29, 1.82) is 0 Å². The van der Waals surface area contributed by atoms with Gasteiger partial charge < -0.3 is 4.90 Å². The van der Waals surface area contributed by atoms with Gasteiger partial charge in [0.1, 0.15) is 5.82 Å². The van der Waals surface area contributed by atoms with Gasteiger partial charge in [-0.15, -0.1) is 5.10 Å². The molecular formula is C19H27FN5+. The predicted octanol–water partition coefficient (Wildman–Crippen LogP) is 2.33. The van der Waals surface area contributed by atoms with E-state index < -0.39 is 0 Å². The third kappa shape index (κ3) is 3.45. The SMILES string of the molecule is CC1CC[NH+]([C@H](c2ccc(F)cc2)c2nnnn2C2CCCC2)CC1. The van der Waals surface area contributed by atoms with E-state index in [-0.39, 0.29) is 11.9 Å². The van der Waals surface area contributed by atoms with Crippen molar-refractivity contribution in [2.45, 2.75) is 57.5 Å². The van der Waals surface area contributed by atoms with E-state index in [1.807, 2.05) is 12.1 Å². The zero-order valence-corrected chi connectivity index (χ0v) is 14.9. The highest BCUT2D eigenvalue weighted by molar-refractivity contribution is 5.23. The first-order chi connectivity index (χ1) is 12.2.